The van der Waals surface area contributed by atoms with Gasteiger partial charge in [0.2, 0.25) is 0 Å². The summed E-state index contributed by atoms with van der Waals surface area (Å²) in [6, 6.07) is 18.8. The van der Waals surface area contributed by atoms with Gasteiger partial charge in [-0.2, -0.15) is 0 Å². The lowest BCUT2D eigenvalue weighted by atomic mass is 10.1. The molecule has 1 heterocycles. The minimum absolute atomic E-state index is 0.168. The van der Waals surface area contributed by atoms with E-state index in [9.17, 15) is 9.59 Å². The second-order valence-electron chi connectivity index (χ2n) is 9.06. The van der Waals surface area contributed by atoms with Crippen LogP contribution < -0.4 is 14.8 Å². The molecule has 1 aliphatic heterocycles. The van der Waals surface area contributed by atoms with Crippen molar-refractivity contribution >= 4 is 63.5 Å². The highest BCUT2D eigenvalue weighted by molar-refractivity contribution is 8.26. The molecule has 9 heteroatoms. The molecule has 0 aromatic heterocycles. The van der Waals surface area contributed by atoms with Crippen LogP contribution in [0.3, 0.4) is 0 Å². The third-order valence-corrected chi connectivity index (χ3v) is 7.74. The Kier molecular flexibility index (Phi) is 9.32. The molecule has 1 N–H and O–H groups in total. The molecular formula is C30H29ClN2O4S2. The molecule has 1 saturated heterocycles. The fraction of sp³-hybridized carbons (Fsp3) is 0.233. The van der Waals surface area contributed by atoms with Crippen molar-refractivity contribution in [3.63, 3.8) is 0 Å². The highest BCUT2D eigenvalue weighted by Gasteiger charge is 2.36. The van der Waals surface area contributed by atoms with E-state index in [1.165, 1.54) is 11.8 Å². The maximum atomic E-state index is 13.3. The molecule has 1 atom stereocenters. The molecule has 0 spiro atoms. The van der Waals surface area contributed by atoms with Crippen molar-refractivity contribution in [3.8, 4) is 11.5 Å². The molecule has 0 bridgehead atoms. The first-order valence-electron chi connectivity index (χ1n) is 12.5. The number of aryl methyl sites for hydroxylation is 2. The van der Waals surface area contributed by atoms with E-state index in [0.29, 0.717) is 27.1 Å². The van der Waals surface area contributed by atoms with Crippen LogP contribution in [0, 0.1) is 13.8 Å². The summed E-state index contributed by atoms with van der Waals surface area (Å²) in [6.45, 7) is 7.84. The number of carbonyl (C=O) groups is 2. The number of rotatable bonds is 9. The number of nitrogens with zero attached hydrogens (tertiary/aromatic N) is 1. The van der Waals surface area contributed by atoms with Gasteiger partial charge in [-0.15, -0.1) is 0 Å². The SMILES string of the molecule is CCOc1cc(/C=C2\SC(=S)N([C@H](C)c3ccccc3)C2=O)cc(Cl)c1OCC(=O)Nc1ccc(C)cc1C. The van der Waals surface area contributed by atoms with Crippen molar-refractivity contribution < 1.29 is 19.1 Å². The standard InChI is InChI=1S/C30H29ClN2O4S2/c1-5-36-25-15-21(16-26-29(35)33(30(38)39-26)20(4)22-9-7-6-8-10-22)14-23(31)28(25)37-17-27(34)32-24-12-11-18(2)13-19(24)3/h6-16,20H,5,17H2,1-4H3,(H,32,34)/b26-16-/t20-/m1/s1. The zero-order valence-corrected chi connectivity index (χ0v) is 24.5. The lowest BCUT2D eigenvalue weighted by Crippen LogP contribution is -2.30. The molecule has 4 rings (SSSR count). The van der Waals surface area contributed by atoms with E-state index in [2.05, 4.69) is 5.32 Å². The molecule has 1 fully saturated rings. The van der Waals surface area contributed by atoms with Gasteiger partial charge < -0.3 is 14.8 Å². The van der Waals surface area contributed by atoms with E-state index >= 15 is 0 Å². The van der Waals surface area contributed by atoms with Crippen LogP contribution in [-0.4, -0.2) is 34.2 Å². The molecule has 0 aliphatic carbocycles. The summed E-state index contributed by atoms with van der Waals surface area (Å²) in [5, 5.41) is 3.12. The number of anilines is 1. The van der Waals surface area contributed by atoms with E-state index < -0.39 is 0 Å². The van der Waals surface area contributed by atoms with Crippen LogP contribution in [0.1, 0.15) is 42.1 Å². The fourth-order valence-corrected chi connectivity index (χ4v) is 5.89. The number of hydrogen-bond donors (Lipinski definition) is 1. The number of hydrogen-bond acceptors (Lipinski definition) is 6. The fourth-order valence-electron chi connectivity index (χ4n) is 4.20. The first-order chi connectivity index (χ1) is 18.7. The summed E-state index contributed by atoms with van der Waals surface area (Å²) < 4.78 is 12.1. The van der Waals surface area contributed by atoms with Crippen molar-refractivity contribution in [1.82, 2.24) is 4.90 Å². The molecule has 3 aromatic carbocycles. The number of ether oxygens (including phenoxy) is 2. The van der Waals surface area contributed by atoms with Gasteiger partial charge in [-0.3, -0.25) is 14.5 Å². The van der Waals surface area contributed by atoms with Crippen LogP contribution in [0.15, 0.2) is 65.6 Å². The quantitative estimate of drug-likeness (QED) is 0.211. The molecule has 3 aromatic rings. The average molecular weight is 581 g/mol. The van der Waals surface area contributed by atoms with Crippen molar-refractivity contribution in [2.75, 3.05) is 18.5 Å². The van der Waals surface area contributed by atoms with E-state index in [0.717, 1.165) is 22.4 Å². The third-order valence-electron chi connectivity index (χ3n) is 6.13. The Bertz CT molecular complexity index is 1440. The summed E-state index contributed by atoms with van der Waals surface area (Å²) in [6.07, 6.45) is 1.74. The topological polar surface area (TPSA) is 67.9 Å². The minimum atomic E-state index is -0.319. The Labute approximate surface area is 243 Å². The van der Waals surface area contributed by atoms with Crippen LogP contribution in [-0.2, 0) is 9.59 Å². The zero-order chi connectivity index (χ0) is 28.1. The number of amides is 2. The van der Waals surface area contributed by atoms with Crippen LogP contribution in [0.2, 0.25) is 5.02 Å². The molecule has 1 aliphatic rings. The van der Waals surface area contributed by atoms with Crippen molar-refractivity contribution in [2.24, 2.45) is 0 Å². The number of nitrogens with one attached hydrogen (secondary N) is 1. The van der Waals surface area contributed by atoms with Gasteiger partial charge in [0.1, 0.15) is 4.32 Å². The number of halogens is 1. The van der Waals surface area contributed by atoms with E-state index in [-0.39, 0.29) is 35.2 Å². The number of benzene rings is 3. The van der Waals surface area contributed by atoms with Crippen LogP contribution in [0.5, 0.6) is 11.5 Å². The summed E-state index contributed by atoms with van der Waals surface area (Å²) in [5.41, 5.74) is 4.45. The van der Waals surface area contributed by atoms with E-state index in [4.69, 9.17) is 33.3 Å². The van der Waals surface area contributed by atoms with Gasteiger partial charge in [0.25, 0.3) is 11.8 Å². The summed E-state index contributed by atoms with van der Waals surface area (Å²) in [4.78, 5) is 28.0. The van der Waals surface area contributed by atoms with Crippen LogP contribution >= 0.6 is 35.6 Å². The normalized spacial score (nSPS) is 15.0. The summed E-state index contributed by atoms with van der Waals surface area (Å²) in [7, 11) is 0. The largest absolute Gasteiger partial charge is 0.490 e. The van der Waals surface area contributed by atoms with Gasteiger partial charge in [-0.05, 0) is 68.7 Å². The monoisotopic (exact) mass is 580 g/mol. The van der Waals surface area contributed by atoms with Crippen molar-refractivity contribution in [3.05, 3.63) is 92.8 Å². The molecular weight excluding hydrogens is 552 g/mol. The Morgan fingerprint density at radius 3 is 2.56 bits per heavy atom. The Hall–Kier alpha value is -3.33. The minimum Gasteiger partial charge on any atom is -0.490 e. The Morgan fingerprint density at radius 2 is 1.87 bits per heavy atom. The lowest BCUT2D eigenvalue weighted by molar-refractivity contribution is -0.123. The number of thiocarbonyl (C=S) groups is 1. The molecule has 0 radical (unpaired) electrons. The first-order valence-corrected chi connectivity index (χ1v) is 14.1. The van der Waals surface area contributed by atoms with Gasteiger partial charge in [0, 0.05) is 5.69 Å². The first kappa shape index (κ1) is 28.7. The van der Waals surface area contributed by atoms with Gasteiger partial charge in [0.15, 0.2) is 18.1 Å². The molecule has 6 nitrogen and oxygen atoms in total. The second kappa shape index (κ2) is 12.7. The lowest BCUT2D eigenvalue weighted by Gasteiger charge is -2.23. The predicted molar refractivity (Wildman–Crippen MR) is 163 cm³/mol. The third kappa shape index (κ3) is 6.82. The smallest absolute Gasteiger partial charge is 0.266 e. The Morgan fingerprint density at radius 1 is 1.13 bits per heavy atom. The van der Waals surface area contributed by atoms with Crippen LogP contribution in [0.25, 0.3) is 6.08 Å². The maximum Gasteiger partial charge on any atom is 0.266 e. The second-order valence-corrected chi connectivity index (χ2v) is 11.1. The van der Waals surface area contributed by atoms with Gasteiger partial charge in [0.05, 0.1) is 22.6 Å². The van der Waals surface area contributed by atoms with Gasteiger partial charge >= 0.3 is 0 Å². The molecule has 2 amide bonds. The summed E-state index contributed by atoms with van der Waals surface area (Å²) in [5.74, 6) is 0.153. The highest BCUT2D eigenvalue weighted by atomic mass is 35.5. The van der Waals surface area contributed by atoms with Gasteiger partial charge in [-0.25, -0.2) is 0 Å². The molecule has 202 valence electrons. The number of carbonyl (C=O) groups excluding carboxylic acids is 2. The van der Waals surface area contributed by atoms with E-state index in [1.54, 1.807) is 23.1 Å². The summed E-state index contributed by atoms with van der Waals surface area (Å²) >= 11 is 13.4. The molecule has 0 saturated carbocycles. The maximum absolute atomic E-state index is 13.3. The molecule has 39 heavy (non-hydrogen) atoms. The molecule has 0 unspecified atom stereocenters. The van der Waals surface area contributed by atoms with Crippen LogP contribution in [0.4, 0.5) is 5.69 Å². The zero-order valence-electron chi connectivity index (χ0n) is 22.1. The van der Waals surface area contributed by atoms with Crippen molar-refractivity contribution in [2.45, 2.75) is 33.7 Å². The average Bonchev–Trinajstić information content (AvgIpc) is 3.17. The van der Waals surface area contributed by atoms with Crippen molar-refractivity contribution in [1.29, 1.82) is 0 Å². The highest BCUT2D eigenvalue weighted by Crippen LogP contribution is 2.41. The number of thioether (sulfide) groups is 1. The predicted octanol–water partition coefficient (Wildman–Crippen LogP) is 7.34. The van der Waals surface area contributed by atoms with Gasteiger partial charge in [-0.1, -0.05) is 83.6 Å². The van der Waals surface area contributed by atoms with E-state index in [1.807, 2.05) is 76.2 Å². The Balaban J connectivity index is 1.51.